The zero-order valence-electron chi connectivity index (χ0n) is 10.7. The lowest BCUT2D eigenvalue weighted by molar-refractivity contribution is -0.112. The molecule has 0 atom stereocenters. The third kappa shape index (κ3) is 2.82. The molecule has 1 N–H and O–H groups in total. The van der Waals surface area contributed by atoms with E-state index in [1.807, 2.05) is 0 Å². The van der Waals surface area contributed by atoms with Crippen molar-refractivity contribution in [2.75, 3.05) is 12.4 Å². The Morgan fingerprint density at radius 1 is 1.16 bits per heavy atom. The summed E-state index contributed by atoms with van der Waals surface area (Å²) in [5.74, 6) is -0.540. The fourth-order valence-corrected chi connectivity index (χ4v) is 1.68. The van der Waals surface area contributed by atoms with Crippen LogP contribution in [-0.4, -0.2) is 23.4 Å². The monoisotopic (exact) mass is 258 g/mol. The minimum Gasteiger partial charge on any atom is -0.497 e. The highest BCUT2D eigenvalue weighted by atomic mass is 16.5. The number of ether oxygens (including phenoxy) is 1. The van der Waals surface area contributed by atoms with Gasteiger partial charge in [-0.1, -0.05) is 0 Å². The number of aromatic nitrogens is 1. The first-order valence-corrected chi connectivity index (χ1v) is 5.73. The van der Waals surface area contributed by atoms with Crippen molar-refractivity contribution in [2.24, 2.45) is 7.05 Å². The fourth-order valence-electron chi connectivity index (χ4n) is 1.68. The van der Waals surface area contributed by atoms with E-state index in [9.17, 15) is 9.59 Å². The topological polar surface area (TPSA) is 60.3 Å². The van der Waals surface area contributed by atoms with Crippen LogP contribution in [0.25, 0.3) is 0 Å². The second-order valence-electron chi connectivity index (χ2n) is 4.02. The highest BCUT2D eigenvalue weighted by molar-refractivity contribution is 6.46. The summed E-state index contributed by atoms with van der Waals surface area (Å²) in [4.78, 5) is 23.7. The maximum Gasteiger partial charge on any atom is 0.298 e. The largest absolute Gasteiger partial charge is 0.497 e. The van der Waals surface area contributed by atoms with Crippen LogP contribution in [0.5, 0.6) is 5.75 Å². The van der Waals surface area contributed by atoms with Gasteiger partial charge in [0, 0.05) is 18.9 Å². The van der Waals surface area contributed by atoms with Crippen LogP contribution in [0.2, 0.25) is 0 Å². The summed E-state index contributed by atoms with van der Waals surface area (Å²) in [6.45, 7) is 0. The molecule has 0 bridgehead atoms. The van der Waals surface area contributed by atoms with Gasteiger partial charge in [0.2, 0.25) is 0 Å². The molecule has 0 aliphatic rings. The molecule has 1 aromatic carbocycles. The third-order valence-corrected chi connectivity index (χ3v) is 2.73. The van der Waals surface area contributed by atoms with Crippen molar-refractivity contribution >= 4 is 17.4 Å². The normalized spacial score (nSPS) is 10.0. The summed E-state index contributed by atoms with van der Waals surface area (Å²) in [6.07, 6.45) is 1.72. The molecule has 0 spiro atoms. The molecule has 0 saturated heterocycles. The number of amides is 1. The van der Waals surface area contributed by atoms with Crippen LogP contribution in [0.4, 0.5) is 5.69 Å². The predicted molar refractivity (Wildman–Crippen MR) is 71.4 cm³/mol. The van der Waals surface area contributed by atoms with Gasteiger partial charge in [0.25, 0.3) is 11.7 Å². The summed E-state index contributed by atoms with van der Waals surface area (Å²) in [5, 5.41) is 2.55. The number of rotatable bonds is 4. The lowest BCUT2D eigenvalue weighted by Gasteiger charge is -2.06. The van der Waals surface area contributed by atoms with Crippen molar-refractivity contribution in [3.63, 3.8) is 0 Å². The van der Waals surface area contributed by atoms with Gasteiger partial charge in [-0.05, 0) is 36.4 Å². The second-order valence-corrected chi connectivity index (χ2v) is 4.02. The number of carbonyl (C=O) groups is 2. The average Bonchev–Trinajstić information content (AvgIpc) is 2.85. The number of benzene rings is 1. The molecule has 1 heterocycles. The van der Waals surface area contributed by atoms with Crippen LogP contribution >= 0.6 is 0 Å². The van der Waals surface area contributed by atoms with Crippen LogP contribution < -0.4 is 10.1 Å². The zero-order chi connectivity index (χ0) is 13.8. The molecule has 1 aromatic heterocycles. The van der Waals surface area contributed by atoms with Crippen LogP contribution in [0.1, 0.15) is 10.5 Å². The van der Waals surface area contributed by atoms with Crippen LogP contribution in [-0.2, 0) is 11.8 Å². The van der Waals surface area contributed by atoms with Crippen molar-refractivity contribution < 1.29 is 14.3 Å². The first kappa shape index (κ1) is 12.9. The Morgan fingerprint density at radius 2 is 1.84 bits per heavy atom. The molecule has 0 aliphatic heterocycles. The van der Waals surface area contributed by atoms with E-state index in [-0.39, 0.29) is 0 Å². The molecular weight excluding hydrogens is 244 g/mol. The van der Waals surface area contributed by atoms with Gasteiger partial charge < -0.3 is 14.6 Å². The molecule has 1 amide bonds. The second kappa shape index (κ2) is 5.39. The van der Waals surface area contributed by atoms with Crippen LogP contribution in [0.3, 0.4) is 0 Å². The molecule has 0 unspecified atom stereocenters. The van der Waals surface area contributed by atoms with Crippen molar-refractivity contribution in [1.29, 1.82) is 0 Å². The van der Waals surface area contributed by atoms with E-state index in [1.54, 1.807) is 61.3 Å². The molecule has 5 nitrogen and oxygen atoms in total. The minimum atomic E-state index is -0.660. The SMILES string of the molecule is COc1ccc(NC(=O)C(=O)c2cccn2C)cc1. The van der Waals surface area contributed by atoms with E-state index in [0.717, 1.165) is 0 Å². The Labute approximate surface area is 110 Å². The number of hydrogen-bond acceptors (Lipinski definition) is 3. The molecular formula is C14H14N2O3. The fraction of sp³-hybridized carbons (Fsp3) is 0.143. The number of nitrogens with one attached hydrogen (secondary N) is 1. The van der Waals surface area contributed by atoms with E-state index < -0.39 is 11.7 Å². The first-order chi connectivity index (χ1) is 9.11. The summed E-state index contributed by atoms with van der Waals surface area (Å²) in [5.41, 5.74) is 0.902. The molecule has 2 rings (SSSR count). The Bertz CT molecular complexity index is 599. The Morgan fingerprint density at radius 3 is 2.37 bits per heavy atom. The summed E-state index contributed by atoms with van der Waals surface area (Å²) >= 11 is 0. The smallest absolute Gasteiger partial charge is 0.298 e. The highest BCUT2D eigenvalue weighted by Crippen LogP contribution is 2.15. The van der Waals surface area contributed by atoms with Crippen molar-refractivity contribution in [2.45, 2.75) is 0 Å². The molecule has 0 saturated carbocycles. The Kier molecular flexibility index (Phi) is 3.66. The molecule has 0 fully saturated rings. The van der Waals surface area contributed by atoms with Crippen molar-refractivity contribution in [1.82, 2.24) is 4.57 Å². The number of nitrogens with zero attached hydrogens (tertiary/aromatic N) is 1. The Balaban J connectivity index is 2.08. The van der Waals surface area contributed by atoms with E-state index in [0.29, 0.717) is 17.1 Å². The summed E-state index contributed by atoms with van der Waals surface area (Å²) in [7, 11) is 3.28. The predicted octanol–water partition coefficient (Wildman–Crippen LogP) is 1.86. The van der Waals surface area contributed by atoms with Gasteiger partial charge in [0.05, 0.1) is 12.8 Å². The Hall–Kier alpha value is -2.56. The van der Waals surface area contributed by atoms with Gasteiger partial charge in [-0.15, -0.1) is 0 Å². The van der Waals surface area contributed by atoms with E-state index in [2.05, 4.69) is 5.32 Å². The number of Topliss-reactive ketones (excluding diaryl/α,β-unsaturated/α-hetero) is 1. The van der Waals surface area contributed by atoms with Crippen LogP contribution in [0.15, 0.2) is 42.6 Å². The molecule has 0 radical (unpaired) electrons. The van der Waals surface area contributed by atoms with Gasteiger partial charge in [-0.3, -0.25) is 9.59 Å². The quantitative estimate of drug-likeness (QED) is 0.672. The van der Waals surface area contributed by atoms with Gasteiger partial charge in [-0.25, -0.2) is 0 Å². The summed E-state index contributed by atoms with van der Waals surface area (Å²) < 4.78 is 6.62. The third-order valence-electron chi connectivity index (χ3n) is 2.73. The molecule has 5 heteroatoms. The van der Waals surface area contributed by atoms with Gasteiger partial charge >= 0.3 is 0 Å². The summed E-state index contributed by atoms with van der Waals surface area (Å²) in [6, 6.07) is 10.1. The maximum absolute atomic E-state index is 11.9. The van der Waals surface area contributed by atoms with Gasteiger partial charge in [0.1, 0.15) is 5.75 Å². The van der Waals surface area contributed by atoms with Gasteiger partial charge in [-0.2, -0.15) is 0 Å². The zero-order valence-corrected chi connectivity index (χ0v) is 10.7. The van der Waals surface area contributed by atoms with Crippen molar-refractivity contribution in [3.05, 3.63) is 48.3 Å². The van der Waals surface area contributed by atoms with E-state index in [1.165, 1.54) is 0 Å². The maximum atomic E-state index is 11.9. The number of ketones is 1. The number of hydrogen-bond donors (Lipinski definition) is 1. The minimum absolute atomic E-state index is 0.353. The van der Waals surface area contributed by atoms with Crippen molar-refractivity contribution in [3.8, 4) is 5.75 Å². The number of anilines is 1. The molecule has 98 valence electrons. The van der Waals surface area contributed by atoms with Gasteiger partial charge in [0.15, 0.2) is 0 Å². The first-order valence-electron chi connectivity index (χ1n) is 5.73. The number of methoxy groups -OCH3 is 1. The number of carbonyl (C=O) groups excluding carboxylic acids is 2. The highest BCUT2D eigenvalue weighted by Gasteiger charge is 2.18. The number of aryl methyl sites for hydroxylation is 1. The van der Waals surface area contributed by atoms with E-state index >= 15 is 0 Å². The molecule has 19 heavy (non-hydrogen) atoms. The molecule has 0 aliphatic carbocycles. The van der Waals surface area contributed by atoms with E-state index in [4.69, 9.17) is 4.74 Å². The standard InChI is InChI=1S/C14H14N2O3/c1-16-9-3-4-12(16)13(17)14(18)15-10-5-7-11(19-2)8-6-10/h3-9H,1-2H3,(H,15,18). The van der Waals surface area contributed by atoms with Crippen LogP contribution in [0, 0.1) is 0 Å². The molecule has 2 aromatic rings. The average molecular weight is 258 g/mol. The lowest BCUT2D eigenvalue weighted by Crippen LogP contribution is -2.24. The lowest BCUT2D eigenvalue weighted by atomic mass is 10.2.